The van der Waals surface area contributed by atoms with Gasteiger partial charge in [0.1, 0.15) is 5.75 Å². The number of rotatable bonds is 7. The van der Waals surface area contributed by atoms with Crippen LogP contribution < -0.4 is 16.0 Å². The van der Waals surface area contributed by atoms with Crippen molar-refractivity contribution in [3.05, 3.63) is 87.3 Å². The predicted molar refractivity (Wildman–Crippen MR) is 99.3 cm³/mol. The molecule has 0 aliphatic heterocycles. The van der Waals surface area contributed by atoms with Crippen molar-refractivity contribution in [1.82, 2.24) is 10.2 Å². The number of primary amides is 1. The third-order valence-corrected chi connectivity index (χ3v) is 4.39. The molecule has 3 rings (SSSR count). The highest BCUT2D eigenvalue weighted by Crippen LogP contribution is 2.28. The number of hydrogen-bond acceptors (Lipinski definition) is 3. The van der Waals surface area contributed by atoms with Gasteiger partial charge in [-0.05, 0) is 23.3 Å². The summed E-state index contributed by atoms with van der Waals surface area (Å²) in [5.41, 5.74) is 8.41. The molecule has 0 radical (unpaired) electrons. The van der Waals surface area contributed by atoms with Gasteiger partial charge in [-0.3, -0.25) is 14.7 Å². The van der Waals surface area contributed by atoms with Crippen LogP contribution in [0.3, 0.4) is 0 Å². The number of amides is 1. The van der Waals surface area contributed by atoms with Crippen molar-refractivity contribution in [2.75, 3.05) is 7.11 Å². The number of nitrogens with two attached hydrogens (primary N) is 1. The van der Waals surface area contributed by atoms with E-state index in [1.165, 1.54) is 0 Å². The summed E-state index contributed by atoms with van der Waals surface area (Å²) in [5, 5.41) is 5.60. The quantitative estimate of drug-likeness (QED) is 0.609. The molecular formula is C20H21N3O3. The molecule has 0 aliphatic rings. The number of H-pyrrole nitrogens is 2. The smallest absolute Gasteiger partial charge is 0.267 e. The molecule has 26 heavy (non-hydrogen) atoms. The molecule has 3 aromatic rings. The zero-order chi connectivity index (χ0) is 18.5. The number of ether oxygens (including phenoxy) is 1. The van der Waals surface area contributed by atoms with E-state index < -0.39 is 11.8 Å². The van der Waals surface area contributed by atoms with Crippen molar-refractivity contribution in [2.45, 2.75) is 18.8 Å². The summed E-state index contributed by atoms with van der Waals surface area (Å²) in [4.78, 5) is 24.1. The fraction of sp³-hybridized carbons (Fsp3) is 0.200. The molecule has 0 saturated carbocycles. The number of methoxy groups -OCH3 is 1. The Balaban J connectivity index is 1.98. The van der Waals surface area contributed by atoms with Crippen LogP contribution >= 0.6 is 0 Å². The Morgan fingerprint density at radius 1 is 1.08 bits per heavy atom. The summed E-state index contributed by atoms with van der Waals surface area (Å²) in [6, 6.07) is 17.1. The van der Waals surface area contributed by atoms with Crippen LogP contribution in [0.5, 0.6) is 5.75 Å². The molecular weight excluding hydrogens is 330 g/mol. The summed E-state index contributed by atoms with van der Waals surface area (Å²) in [6.45, 7) is 0. The summed E-state index contributed by atoms with van der Waals surface area (Å²) >= 11 is 0. The van der Waals surface area contributed by atoms with Gasteiger partial charge in [-0.2, -0.15) is 0 Å². The molecule has 6 nitrogen and oxygen atoms in total. The Morgan fingerprint density at radius 2 is 1.77 bits per heavy atom. The third-order valence-electron chi connectivity index (χ3n) is 4.39. The lowest BCUT2D eigenvalue weighted by molar-refractivity contribution is -0.118. The average Bonchev–Trinajstić information content (AvgIpc) is 3.01. The van der Waals surface area contributed by atoms with Crippen LogP contribution in [-0.4, -0.2) is 23.2 Å². The van der Waals surface area contributed by atoms with Crippen LogP contribution in [-0.2, 0) is 11.2 Å². The van der Waals surface area contributed by atoms with Gasteiger partial charge in [0.25, 0.3) is 5.56 Å². The minimum Gasteiger partial charge on any atom is -0.497 e. The molecule has 6 heteroatoms. The maximum atomic E-state index is 12.5. The van der Waals surface area contributed by atoms with Crippen LogP contribution in [0.4, 0.5) is 0 Å². The number of aromatic amines is 2. The van der Waals surface area contributed by atoms with Gasteiger partial charge in [0.2, 0.25) is 5.91 Å². The van der Waals surface area contributed by atoms with Crippen molar-refractivity contribution in [3.63, 3.8) is 0 Å². The molecule has 1 heterocycles. The lowest BCUT2D eigenvalue weighted by Gasteiger charge is -2.16. The zero-order valence-corrected chi connectivity index (χ0v) is 14.5. The SMILES string of the molecule is COc1ccc(Cc2[nH][nH]c(=O)c2C(CC(N)=O)c2ccccc2)cc1. The van der Waals surface area contributed by atoms with E-state index in [2.05, 4.69) is 10.2 Å². The van der Waals surface area contributed by atoms with Gasteiger partial charge in [0.15, 0.2) is 0 Å². The third kappa shape index (κ3) is 3.85. The normalized spacial score (nSPS) is 11.9. The number of nitrogens with one attached hydrogen (secondary N) is 2. The Kier molecular flexibility index (Phi) is 5.22. The minimum atomic E-state index is -0.449. The first kappa shape index (κ1) is 17.5. The minimum absolute atomic E-state index is 0.0700. The van der Waals surface area contributed by atoms with Gasteiger partial charge in [0.05, 0.1) is 7.11 Å². The number of aromatic nitrogens is 2. The van der Waals surface area contributed by atoms with Crippen LogP contribution in [0.25, 0.3) is 0 Å². The van der Waals surface area contributed by atoms with Crippen molar-refractivity contribution in [1.29, 1.82) is 0 Å². The molecule has 0 saturated heterocycles. The molecule has 4 N–H and O–H groups in total. The van der Waals surface area contributed by atoms with Gasteiger partial charge in [0, 0.05) is 30.0 Å². The summed E-state index contributed by atoms with van der Waals surface area (Å²) in [6.07, 6.45) is 0.598. The van der Waals surface area contributed by atoms with Crippen LogP contribution in [0, 0.1) is 0 Å². The van der Waals surface area contributed by atoms with E-state index in [1.807, 2.05) is 54.6 Å². The average molecular weight is 351 g/mol. The molecule has 1 unspecified atom stereocenters. The summed E-state index contributed by atoms with van der Waals surface area (Å²) in [7, 11) is 1.62. The second kappa shape index (κ2) is 7.74. The summed E-state index contributed by atoms with van der Waals surface area (Å²) in [5.74, 6) is -0.0702. The van der Waals surface area contributed by atoms with E-state index in [-0.39, 0.29) is 12.0 Å². The van der Waals surface area contributed by atoms with E-state index in [4.69, 9.17) is 10.5 Å². The topological polar surface area (TPSA) is 101 Å². The van der Waals surface area contributed by atoms with Gasteiger partial charge in [-0.1, -0.05) is 42.5 Å². The maximum Gasteiger partial charge on any atom is 0.267 e. The standard InChI is InChI=1S/C20H21N3O3/c1-26-15-9-7-13(8-10-15)11-17-19(20(25)23-22-17)16(12-18(21)24)14-5-3-2-4-6-14/h2-10,16H,11-12H2,1H3,(H2,21,24)(H2,22,23,25). The Morgan fingerprint density at radius 3 is 2.38 bits per heavy atom. The van der Waals surface area contributed by atoms with E-state index in [0.29, 0.717) is 12.0 Å². The largest absolute Gasteiger partial charge is 0.497 e. The Bertz CT molecular complexity index is 927. The molecule has 0 aliphatic carbocycles. The molecule has 1 aromatic heterocycles. The molecule has 134 valence electrons. The first-order chi connectivity index (χ1) is 12.6. The van der Waals surface area contributed by atoms with Crippen molar-refractivity contribution >= 4 is 5.91 Å². The second-order valence-electron chi connectivity index (χ2n) is 6.13. The number of carbonyl (C=O) groups excluding carboxylic acids is 1. The number of carbonyl (C=O) groups is 1. The Hall–Kier alpha value is -3.28. The van der Waals surface area contributed by atoms with Crippen LogP contribution in [0.2, 0.25) is 0 Å². The molecule has 1 atom stereocenters. The lowest BCUT2D eigenvalue weighted by atomic mass is 9.87. The summed E-state index contributed by atoms with van der Waals surface area (Å²) < 4.78 is 5.17. The first-order valence-corrected chi connectivity index (χ1v) is 8.34. The number of hydrogen-bond donors (Lipinski definition) is 3. The molecule has 1 amide bonds. The highest BCUT2D eigenvalue weighted by molar-refractivity contribution is 5.75. The first-order valence-electron chi connectivity index (χ1n) is 8.34. The van der Waals surface area contributed by atoms with Gasteiger partial charge in [-0.15, -0.1) is 0 Å². The number of benzene rings is 2. The van der Waals surface area contributed by atoms with E-state index in [1.54, 1.807) is 7.11 Å². The fourth-order valence-electron chi connectivity index (χ4n) is 3.13. The van der Waals surface area contributed by atoms with Crippen molar-refractivity contribution in [3.8, 4) is 5.75 Å². The van der Waals surface area contributed by atoms with E-state index in [9.17, 15) is 9.59 Å². The Labute approximate surface area is 151 Å². The monoisotopic (exact) mass is 351 g/mol. The molecule has 0 bridgehead atoms. The van der Waals surface area contributed by atoms with Gasteiger partial charge in [-0.25, -0.2) is 0 Å². The van der Waals surface area contributed by atoms with E-state index in [0.717, 1.165) is 22.6 Å². The van der Waals surface area contributed by atoms with Crippen molar-refractivity contribution < 1.29 is 9.53 Å². The maximum absolute atomic E-state index is 12.5. The zero-order valence-electron chi connectivity index (χ0n) is 14.5. The van der Waals surface area contributed by atoms with Crippen LogP contribution in [0.15, 0.2) is 59.4 Å². The second-order valence-corrected chi connectivity index (χ2v) is 6.13. The predicted octanol–water partition coefficient (Wildman–Crippen LogP) is 2.31. The molecule has 0 fully saturated rings. The van der Waals surface area contributed by atoms with Crippen molar-refractivity contribution in [2.24, 2.45) is 5.73 Å². The fourth-order valence-corrected chi connectivity index (χ4v) is 3.13. The van der Waals surface area contributed by atoms with Crippen LogP contribution in [0.1, 0.15) is 34.7 Å². The van der Waals surface area contributed by atoms with Gasteiger partial charge < -0.3 is 15.6 Å². The van der Waals surface area contributed by atoms with E-state index >= 15 is 0 Å². The molecule has 2 aromatic carbocycles. The van der Waals surface area contributed by atoms with Gasteiger partial charge >= 0.3 is 0 Å². The molecule has 0 spiro atoms. The highest BCUT2D eigenvalue weighted by atomic mass is 16.5. The lowest BCUT2D eigenvalue weighted by Crippen LogP contribution is -2.21. The highest BCUT2D eigenvalue weighted by Gasteiger charge is 2.24.